The van der Waals surface area contributed by atoms with Crippen molar-refractivity contribution in [2.45, 2.75) is 31.6 Å². The third-order valence-corrected chi connectivity index (χ3v) is 3.42. The van der Waals surface area contributed by atoms with Crippen molar-refractivity contribution < 1.29 is 13.2 Å². The lowest BCUT2D eigenvalue weighted by molar-refractivity contribution is -0.117. The minimum absolute atomic E-state index is 0.0439. The smallest absolute Gasteiger partial charge is 0.241 e. The molecule has 6 heteroatoms. The van der Waals surface area contributed by atoms with E-state index in [0.29, 0.717) is 17.7 Å². The Bertz CT molecular complexity index is 541. The zero-order valence-electron chi connectivity index (χ0n) is 11.2. The topological polar surface area (TPSA) is 89.3 Å². The van der Waals surface area contributed by atoms with Crippen LogP contribution < -0.4 is 11.1 Å². The first-order chi connectivity index (χ1) is 8.81. The summed E-state index contributed by atoms with van der Waals surface area (Å²) in [5.74, 6) is -0.295. The molecule has 1 atom stereocenters. The summed E-state index contributed by atoms with van der Waals surface area (Å²) >= 11 is 0. The molecule has 1 rings (SSSR count). The molecular weight excluding hydrogens is 264 g/mol. The zero-order chi connectivity index (χ0) is 14.5. The number of sulfone groups is 1. The fourth-order valence-corrected chi connectivity index (χ4v) is 2.50. The molecule has 0 aromatic heterocycles. The van der Waals surface area contributed by atoms with Crippen molar-refractivity contribution in [1.82, 2.24) is 0 Å². The number of carbonyl (C=O) groups is 1. The van der Waals surface area contributed by atoms with Crippen LogP contribution in [0.25, 0.3) is 0 Å². The average molecular weight is 284 g/mol. The number of amides is 1. The molecular formula is C13H20N2O3S. The number of carbonyl (C=O) groups excluding carboxylic acids is 1. The van der Waals surface area contributed by atoms with E-state index in [1.165, 1.54) is 6.26 Å². The quantitative estimate of drug-likeness (QED) is 0.824. The van der Waals surface area contributed by atoms with Crippen molar-refractivity contribution >= 4 is 21.4 Å². The normalized spacial score (nSPS) is 13.0. The number of rotatable bonds is 6. The molecule has 0 saturated heterocycles. The highest BCUT2D eigenvalue weighted by Gasteiger charge is 2.12. The van der Waals surface area contributed by atoms with Crippen LogP contribution >= 0.6 is 0 Å². The molecule has 0 radical (unpaired) electrons. The second-order valence-electron chi connectivity index (χ2n) is 4.65. The summed E-state index contributed by atoms with van der Waals surface area (Å²) in [6.07, 6.45) is 2.63. The minimum Gasteiger partial charge on any atom is -0.325 e. The third-order valence-electron chi connectivity index (χ3n) is 2.56. The maximum atomic E-state index is 11.7. The van der Waals surface area contributed by atoms with Crippen molar-refractivity contribution in [3.63, 3.8) is 0 Å². The van der Waals surface area contributed by atoms with Crippen LogP contribution in [0.1, 0.15) is 25.3 Å². The van der Waals surface area contributed by atoms with Crippen molar-refractivity contribution in [3.8, 4) is 0 Å². The molecule has 0 fully saturated rings. The summed E-state index contributed by atoms with van der Waals surface area (Å²) in [4.78, 5) is 11.7. The first kappa shape index (κ1) is 15.7. The van der Waals surface area contributed by atoms with E-state index in [-0.39, 0.29) is 11.7 Å². The van der Waals surface area contributed by atoms with Crippen LogP contribution in [-0.4, -0.2) is 26.6 Å². The second-order valence-corrected chi connectivity index (χ2v) is 6.80. The van der Waals surface area contributed by atoms with E-state index < -0.39 is 15.9 Å². The Morgan fingerprint density at radius 3 is 2.68 bits per heavy atom. The zero-order valence-corrected chi connectivity index (χ0v) is 12.0. The predicted molar refractivity (Wildman–Crippen MR) is 76.5 cm³/mol. The first-order valence-electron chi connectivity index (χ1n) is 6.15. The lowest BCUT2D eigenvalue weighted by Gasteiger charge is -2.11. The van der Waals surface area contributed by atoms with Crippen LogP contribution in [0.15, 0.2) is 24.3 Å². The summed E-state index contributed by atoms with van der Waals surface area (Å²) < 4.78 is 22.4. The van der Waals surface area contributed by atoms with Gasteiger partial charge >= 0.3 is 0 Å². The summed E-state index contributed by atoms with van der Waals surface area (Å²) in [5.41, 5.74) is 6.92. The fraction of sp³-hybridized carbons (Fsp3) is 0.462. The van der Waals surface area contributed by atoms with E-state index >= 15 is 0 Å². The summed E-state index contributed by atoms with van der Waals surface area (Å²) in [7, 11) is -3.08. The van der Waals surface area contributed by atoms with Gasteiger partial charge in [0.2, 0.25) is 5.91 Å². The van der Waals surface area contributed by atoms with Crippen LogP contribution in [0.2, 0.25) is 0 Å². The van der Waals surface area contributed by atoms with Gasteiger partial charge in [-0.15, -0.1) is 0 Å². The van der Waals surface area contributed by atoms with Gasteiger partial charge in [-0.25, -0.2) is 8.42 Å². The van der Waals surface area contributed by atoms with Gasteiger partial charge in [0.25, 0.3) is 0 Å². The molecule has 1 unspecified atom stereocenters. The largest absolute Gasteiger partial charge is 0.325 e. The lowest BCUT2D eigenvalue weighted by Crippen LogP contribution is -2.35. The van der Waals surface area contributed by atoms with Gasteiger partial charge in [-0.3, -0.25) is 4.79 Å². The van der Waals surface area contributed by atoms with Gasteiger partial charge in [-0.1, -0.05) is 25.5 Å². The van der Waals surface area contributed by atoms with Gasteiger partial charge in [0.15, 0.2) is 9.84 Å². The Morgan fingerprint density at radius 2 is 2.11 bits per heavy atom. The van der Waals surface area contributed by atoms with Crippen LogP contribution in [0.3, 0.4) is 0 Å². The molecule has 0 saturated carbocycles. The number of anilines is 1. The Kier molecular flexibility index (Phi) is 5.50. The van der Waals surface area contributed by atoms with E-state index in [1.54, 1.807) is 24.3 Å². The van der Waals surface area contributed by atoms with E-state index in [4.69, 9.17) is 5.73 Å². The molecule has 1 aromatic rings. The molecule has 0 bridgehead atoms. The van der Waals surface area contributed by atoms with Crippen molar-refractivity contribution in [3.05, 3.63) is 29.8 Å². The SMILES string of the molecule is CCCC(N)C(=O)Nc1cccc(CS(C)(=O)=O)c1. The molecule has 106 valence electrons. The minimum atomic E-state index is -3.08. The molecule has 0 aliphatic carbocycles. The van der Waals surface area contributed by atoms with Crippen LogP contribution in [0.4, 0.5) is 5.69 Å². The van der Waals surface area contributed by atoms with Crippen LogP contribution in [-0.2, 0) is 20.4 Å². The lowest BCUT2D eigenvalue weighted by atomic mass is 10.1. The Balaban J connectivity index is 2.75. The molecule has 0 aliphatic heterocycles. The van der Waals surface area contributed by atoms with Crippen LogP contribution in [0, 0.1) is 0 Å². The molecule has 0 aliphatic rings. The molecule has 1 amide bonds. The molecule has 19 heavy (non-hydrogen) atoms. The standard InChI is InChI=1S/C13H20N2O3S/c1-3-5-12(14)13(16)15-11-7-4-6-10(8-11)9-19(2,17)18/h4,6-8,12H,3,5,9,14H2,1-2H3,(H,15,16). The fourth-order valence-electron chi connectivity index (χ4n) is 1.72. The maximum Gasteiger partial charge on any atom is 0.241 e. The monoisotopic (exact) mass is 284 g/mol. The van der Waals surface area contributed by atoms with Gasteiger partial charge in [-0.05, 0) is 24.1 Å². The highest BCUT2D eigenvalue weighted by atomic mass is 32.2. The van der Waals surface area contributed by atoms with Gasteiger partial charge in [0, 0.05) is 11.9 Å². The third kappa shape index (κ3) is 5.85. The highest BCUT2D eigenvalue weighted by molar-refractivity contribution is 7.89. The highest BCUT2D eigenvalue weighted by Crippen LogP contribution is 2.13. The van der Waals surface area contributed by atoms with Gasteiger partial charge < -0.3 is 11.1 Å². The van der Waals surface area contributed by atoms with E-state index in [0.717, 1.165) is 6.42 Å². The maximum absolute atomic E-state index is 11.7. The van der Waals surface area contributed by atoms with Gasteiger partial charge in [0.05, 0.1) is 11.8 Å². The van der Waals surface area contributed by atoms with E-state index in [2.05, 4.69) is 5.32 Å². The van der Waals surface area contributed by atoms with Gasteiger partial charge in [-0.2, -0.15) is 0 Å². The molecule has 3 N–H and O–H groups in total. The molecule has 1 aromatic carbocycles. The number of benzene rings is 1. The van der Waals surface area contributed by atoms with E-state index in [1.807, 2.05) is 6.92 Å². The second kappa shape index (κ2) is 6.68. The molecule has 0 heterocycles. The predicted octanol–water partition coefficient (Wildman–Crippen LogP) is 1.30. The van der Waals surface area contributed by atoms with Gasteiger partial charge in [0.1, 0.15) is 0 Å². The summed E-state index contributed by atoms with van der Waals surface area (Å²) in [5, 5.41) is 2.69. The summed E-state index contributed by atoms with van der Waals surface area (Å²) in [6, 6.07) is 6.24. The van der Waals surface area contributed by atoms with Crippen LogP contribution in [0.5, 0.6) is 0 Å². The van der Waals surface area contributed by atoms with Crippen molar-refractivity contribution in [2.24, 2.45) is 5.73 Å². The average Bonchev–Trinajstić information content (AvgIpc) is 2.27. The van der Waals surface area contributed by atoms with E-state index in [9.17, 15) is 13.2 Å². The number of nitrogens with two attached hydrogens (primary N) is 1. The summed E-state index contributed by atoms with van der Waals surface area (Å²) in [6.45, 7) is 1.96. The first-order valence-corrected chi connectivity index (χ1v) is 8.21. The van der Waals surface area contributed by atoms with Crippen molar-refractivity contribution in [1.29, 1.82) is 0 Å². The molecule has 0 spiro atoms. The Hall–Kier alpha value is -1.40. The number of nitrogens with one attached hydrogen (secondary N) is 1. The Morgan fingerprint density at radius 1 is 1.42 bits per heavy atom. The number of hydrogen-bond acceptors (Lipinski definition) is 4. The Labute approximate surface area is 114 Å². The van der Waals surface area contributed by atoms with Crippen molar-refractivity contribution in [2.75, 3.05) is 11.6 Å². The molecule has 5 nitrogen and oxygen atoms in total. The number of hydrogen-bond donors (Lipinski definition) is 2.